The Morgan fingerprint density at radius 3 is 2.75 bits per heavy atom. The van der Waals surface area contributed by atoms with Crippen molar-refractivity contribution < 1.29 is 4.79 Å². The van der Waals surface area contributed by atoms with Crippen LogP contribution in [0, 0.1) is 12.8 Å². The fourth-order valence-corrected chi connectivity index (χ4v) is 2.26. The number of hydrazine groups is 1. The maximum Gasteiger partial charge on any atom is 0.126 e. The van der Waals surface area contributed by atoms with Crippen LogP contribution in [0.1, 0.15) is 18.1 Å². The Labute approximate surface area is 96.2 Å². The minimum Gasteiger partial charge on any atom is -0.303 e. The number of nitrogens with one attached hydrogen (secondary N) is 2. The van der Waals surface area contributed by atoms with E-state index in [0.29, 0.717) is 0 Å². The van der Waals surface area contributed by atoms with Crippen molar-refractivity contribution in [1.82, 2.24) is 10.9 Å². The minimum absolute atomic E-state index is 0.0552. The fraction of sp³-hybridized carbons (Fsp3) is 0.462. The average molecular weight is 218 g/mol. The van der Waals surface area contributed by atoms with Gasteiger partial charge < -0.3 is 4.79 Å². The molecule has 1 aromatic carbocycles. The summed E-state index contributed by atoms with van der Waals surface area (Å²) in [5, 5.41) is 0. The first-order valence-electron chi connectivity index (χ1n) is 5.73. The first-order valence-corrected chi connectivity index (χ1v) is 5.73. The second-order valence-electron chi connectivity index (χ2n) is 4.53. The van der Waals surface area contributed by atoms with Gasteiger partial charge in [0.1, 0.15) is 6.29 Å². The number of hydrogen-bond donors (Lipinski definition) is 2. The topological polar surface area (TPSA) is 41.1 Å². The number of aldehydes is 1. The lowest BCUT2D eigenvalue weighted by Gasteiger charge is -2.16. The van der Waals surface area contributed by atoms with E-state index in [1.54, 1.807) is 0 Å². The molecule has 0 aliphatic carbocycles. The summed E-state index contributed by atoms with van der Waals surface area (Å²) in [7, 11) is 0. The van der Waals surface area contributed by atoms with E-state index in [-0.39, 0.29) is 18.0 Å². The molecule has 0 spiro atoms. The number of carbonyl (C=O) groups excluding carboxylic acids is 1. The Hall–Kier alpha value is -1.19. The Morgan fingerprint density at radius 1 is 1.31 bits per heavy atom. The summed E-state index contributed by atoms with van der Waals surface area (Å²) < 4.78 is 0. The van der Waals surface area contributed by atoms with E-state index in [1.807, 2.05) is 19.1 Å². The van der Waals surface area contributed by atoms with Crippen molar-refractivity contribution in [3.8, 4) is 0 Å². The molecule has 16 heavy (non-hydrogen) atoms. The first kappa shape index (κ1) is 11.3. The van der Waals surface area contributed by atoms with Gasteiger partial charge in [0.15, 0.2) is 0 Å². The molecule has 0 aromatic heterocycles. The van der Waals surface area contributed by atoms with Crippen molar-refractivity contribution in [3.63, 3.8) is 0 Å². The smallest absolute Gasteiger partial charge is 0.126 e. The van der Waals surface area contributed by atoms with Gasteiger partial charge in [0.05, 0.1) is 0 Å². The van der Waals surface area contributed by atoms with Crippen LogP contribution in [0.15, 0.2) is 24.3 Å². The number of hydrogen-bond acceptors (Lipinski definition) is 3. The number of aryl methyl sites for hydroxylation is 1. The number of rotatable bonds is 3. The second-order valence-corrected chi connectivity index (χ2v) is 4.53. The van der Waals surface area contributed by atoms with Crippen LogP contribution in [0.5, 0.6) is 0 Å². The molecule has 3 unspecified atom stereocenters. The van der Waals surface area contributed by atoms with Gasteiger partial charge in [-0.3, -0.25) is 10.9 Å². The van der Waals surface area contributed by atoms with E-state index in [1.165, 1.54) is 11.1 Å². The van der Waals surface area contributed by atoms with Crippen LogP contribution < -0.4 is 10.9 Å². The lowest BCUT2D eigenvalue weighted by Crippen LogP contribution is -2.34. The van der Waals surface area contributed by atoms with Gasteiger partial charge in [-0.1, -0.05) is 24.3 Å². The molecule has 86 valence electrons. The lowest BCUT2D eigenvalue weighted by molar-refractivity contribution is -0.111. The molecule has 2 rings (SSSR count). The first-order chi connectivity index (χ1) is 7.72. The van der Waals surface area contributed by atoms with Crippen molar-refractivity contribution in [1.29, 1.82) is 0 Å². The molecule has 1 aromatic rings. The van der Waals surface area contributed by atoms with E-state index in [4.69, 9.17) is 0 Å². The highest BCUT2D eigenvalue weighted by Gasteiger charge is 2.32. The molecule has 3 atom stereocenters. The summed E-state index contributed by atoms with van der Waals surface area (Å²) in [5.41, 5.74) is 8.92. The van der Waals surface area contributed by atoms with Gasteiger partial charge >= 0.3 is 0 Å². The maximum atomic E-state index is 11.0. The molecule has 1 saturated heterocycles. The molecule has 1 fully saturated rings. The SMILES string of the molecule is Cc1ccccc1CC1NNC(C)C1C=O. The largest absolute Gasteiger partial charge is 0.303 e. The molecule has 0 amide bonds. The predicted octanol–water partition coefficient (Wildman–Crippen LogP) is 1.22. The van der Waals surface area contributed by atoms with Crippen molar-refractivity contribution in [2.24, 2.45) is 5.92 Å². The Morgan fingerprint density at radius 2 is 2.06 bits per heavy atom. The van der Waals surface area contributed by atoms with Gasteiger partial charge in [0, 0.05) is 18.0 Å². The fourth-order valence-electron chi connectivity index (χ4n) is 2.26. The molecule has 3 heteroatoms. The van der Waals surface area contributed by atoms with Crippen LogP contribution in [0.3, 0.4) is 0 Å². The van der Waals surface area contributed by atoms with Crippen LogP contribution in [0.4, 0.5) is 0 Å². The van der Waals surface area contributed by atoms with Crippen LogP contribution >= 0.6 is 0 Å². The van der Waals surface area contributed by atoms with Crippen molar-refractivity contribution >= 4 is 6.29 Å². The van der Waals surface area contributed by atoms with E-state index in [9.17, 15) is 4.79 Å². The predicted molar refractivity (Wildman–Crippen MR) is 64.0 cm³/mol. The van der Waals surface area contributed by atoms with Crippen molar-refractivity contribution in [2.75, 3.05) is 0 Å². The van der Waals surface area contributed by atoms with Crippen LogP contribution in [0.2, 0.25) is 0 Å². The van der Waals surface area contributed by atoms with Crippen LogP contribution in [-0.4, -0.2) is 18.4 Å². The third kappa shape index (κ3) is 2.15. The number of carbonyl (C=O) groups is 1. The van der Waals surface area contributed by atoms with E-state index < -0.39 is 0 Å². The summed E-state index contributed by atoms with van der Waals surface area (Å²) in [6.45, 7) is 4.14. The lowest BCUT2D eigenvalue weighted by atomic mass is 9.91. The molecular formula is C13H18N2O. The van der Waals surface area contributed by atoms with Gasteiger partial charge in [-0.2, -0.15) is 0 Å². The zero-order valence-electron chi connectivity index (χ0n) is 9.73. The second kappa shape index (κ2) is 4.76. The van der Waals surface area contributed by atoms with Crippen molar-refractivity contribution in [3.05, 3.63) is 35.4 Å². The van der Waals surface area contributed by atoms with E-state index in [2.05, 4.69) is 29.9 Å². The molecule has 2 N–H and O–H groups in total. The van der Waals surface area contributed by atoms with Gasteiger partial charge in [-0.25, -0.2) is 0 Å². The Balaban J connectivity index is 2.10. The highest BCUT2D eigenvalue weighted by molar-refractivity contribution is 5.57. The van der Waals surface area contributed by atoms with E-state index >= 15 is 0 Å². The van der Waals surface area contributed by atoms with Gasteiger partial charge in [-0.05, 0) is 31.4 Å². The van der Waals surface area contributed by atoms with Gasteiger partial charge in [0.2, 0.25) is 0 Å². The molecule has 0 bridgehead atoms. The maximum absolute atomic E-state index is 11.0. The van der Waals surface area contributed by atoms with Crippen molar-refractivity contribution in [2.45, 2.75) is 32.4 Å². The highest BCUT2D eigenvalue weighted by atomic mass is 16.1. The average Bonchev–Trinajstić information content (AvgIpc) is 2.63. The summed E-state index contributed by atoms with van der Waals surface area (Å²) >= 11 is 0. The van der Waals surface area contributed by atoms with Gasteiger partial charge in [-0.15, -0.1) is 0 Å². The number of benzene rings is 1. The summed E-state index contributed by atoms with van der Waals surface area (Å²) in [5.74, 6) is 0.0552. The Kier molecular flexibility index (Phi) is 3.36. The zero-order valence-corrected chi connectivity index (χ0v) is 9.73. The standard InChI is InChI=1S/C13H18N2O/c1-9-5-3-4-6-11(9)7-13-12(8-16)10(2)14-15-13/h3-6,8,10,12-15H,7H2,1-2H3. The summed E-state index contributed by atoms with van der Waals surface area (Å²) in [6.07, 6.45) is 1.95. The highest BCUT2D eigenvalue weighted by Crippen LogP contribution is 2.18. The summed E-state index contributed by atoms with van der Waals surface area (Å²) in [6, 6.07) is 8.74. The third-order valence-electron chi connectivity index (χ3n) is 3.40. The zero-order chi connectivity index (χ0) is 11.5. The Bertz CT molecular complexity index is 378. The van der Waals surface area contributed by atoms with Crippen LogP contribution in [-0.2, 0) is 11.2 Å². The quantitative estimate of drug-likeness (QED) is 0.749. The minimum atomic E-state index is 0.0552. The summed E-state index contributed by atoms with van der Waals surface area (Å²) in [4.78, 5) is 11.0. The normalized spacial score (nSPS) is 29.2. The molecule has 0 saturated carbocycles. The molecule has 0 radical (unpaired) electrons. The van der Waals surface area contributed by atoms with Gasteiger partial charge in [0.25, 0.3) is 0 Å². The molecular weight excluding hydrogens is 200 g/mol. The third-order valence-corrected chi connectivity index (χ3v) is 3.40. The molecule has 1 aliphatic rings. The monoisotopic (exact) mass is 218 g/mol. The molecule has 1 aliphatic heterocycles. The van der Waals surface area contributed by atoms with E-state index in [0.717, 1.165) is 12.7 Å². The molecule has 1 heterocycles. The molecule has 3 nitrogen and oxygen atoms in total. The van der Waals surface area contributed by atoms with Crippen LogP contribution in [0.25, 0.3) is 0 Å².